The molecule has 8 heteroatoms. The number of amides is 1. The lowest BCUT2D eigenvalue weighted by Crippen LogP contribution is -2.22. The maximum atomic E-state index is 13.2. The van der Waals surface area contributed by atoms with Gasteiger partial charge in [-0.1, -0.05) is 12.1 Å². The zero-order valence-electron chi connectivity index (χ0n) is 15.6. The van der Waals surface area contributed by atoms with Gasteiger partial charge < -0.3 is 5.32 Å². The molecule has 0 fully saturated rings. The zero-order chi connectivity index (χ0) is 20.9. The van der Waals surface area contributed by atoms with Crippen molar-refractivity contribution in [3.05, 3.63) is 89.7 Å². The summed E-state index contributed by atoms with van der Waals surface area (Å²) in [7, 11) is -3.72. The smallest absolute Gasteiger partial charge is 0.261 e. The first kappa shape index (κ1) is 20.9. The number of benzene rings is 3. The Morgan fingerprint density at radius 3 is 2.31 bits per heavy atom. The van der Waals surface area contributed by atoms with Crippen molar-refractivity contribution in [3.63, 3.8) is 0 Å². The largest absolute Gasteiger partial charge is 0.348 e. The molecular formula is C21H19FN2O3S2. The second-order valence-electron chi connectivity index (χ2n) is 6.17. The lowest BCUT2D eigenvalue weighted by Gasteiger charge is -2.10. The Balaban J connectivity index is 1.63. The molecule has 0 unspecified atom stereocenters. The summed E-state index contributed by atoms with van der Waals surface area (Å²) in [6, 6.07) is 18.6. The lowest BCUT2D eigenvalue weighted by atomic mass is 10.2. The van der Waals surface area contributed by atoms with Gasteiger partial charge in [-0.05, 0) is 72.5 Å². The molecule has 0 heterocycles. The molecule has 5 nitrogen and oxygen atoms in total. The number of sulfonamides is 1. The van der Waals surface area contributed by atoms with E-state index in [1.807, 2.05) is 6.26 Å². The molecule has 3 rings (SSSR count). The molecule has 3 aromatic carbocycles. The van der Waals surface area contributed by atoms with E-state index in [9.17, 15) is 17.6 Å². The van der Waals surface area contributed by atoms with Crippen molar-refractivity contribution in [1.29, 1.82) is 0 Å². The fraction of sp³-hybridized carbons (Fsp3) is 0.0952. The quantitative estimate of drug-likeness (QED) is 0.549. The van der Waals surface area contributed by atoms with Gasteiger partial charge in [0.05, 0.1) is 4.90 Å². The SMILES string of the molecule is CSc1ccc(S(=O)(=O)Nc2ccc(C(=O)NCc3cccc(F)c3)cc2)cc1. The highest BCUT2D eigenvalue weighted by Gasteiger charge is 2.14. The summed E-state index contributed by atoms with van der Waals surface area (Å²) in [5.74, 6) is -0.701. The van der Waals surface area contributed by atoms with Gasteiger partial charge in [0, 0.05) is 22.7 Å². The van der Waals surface area contributed by atoms with Crippen molar-refractivity contribution in [2.45, 2.75) is 16.3 Å². The highest BCUT2D eigenvalue weighted by molar-refractivity contribution is 7.98. The van der Waals surface area contributed by atoms with E-state index in [4.69, 9.17) is 0 Å². The molecule has 0 saturated heterocycles. The molecule has 0 aromatic heterocycles. The number of rotatable bonds is 7. The van der Waals surface area contributed by atoms with Gasteiger partial charge in [-0.25, -0.2) is 12.8 Å². The average molecular weight is 431 g/mol. The number of hydrogen-bond donors (Lipinski definition) is 2. The third-order valence-corrected chi connectivity index (χ3v) is 6.25. The first-order chi connectivity index (χ1) is 13.9. The molecular weight excluding hydrogens is 411 g/mol. The van der Waals surface area contributed by atoms with Crippen LogP contribution in [-0.4, -0.2) is 20.6 Å². The summed E-state index contributed by atoms with van der Waals surface area (Å²) in [5.41, 5.74) is 1.37. The number of anilines is 1. The summed E-state index contributed by atoms with van der Waals surface area (Å²) in [6.07, 6.45) is 1.91. The Labute approximate surface area is 173 Å². The summed E-state index contributed by atoms with van der Waals surface area (Å²) < 4.78 is 40.6. The molecule has 29 heavy (non-hydrogen) atoms. The minimum atomic E-state index is -3.72. The molecule has 150 valence electrons. The van der Waals surface area contributed by atoms with Crippen LogP contribution < -0.4 is 10.0 Å². The molecule has 0 radical (unpaired) electrons. The molecule has 2 N–H and O–H groups in total. The minimum Gasteiger partial charge on any atom is -0.348 e. The maximum absolute atomic E-state index is 13.2. The second kappa shape index (κ2) is 9.11. The predicted molar refractivity (Wildman–Crippen MR) is 113 cm³/mol. The lowest BCUT2D eigenvalue weighted by molar-refractivity contribution is 0.0951. The molecule has 0 spiro atoms. The van der Waals surface area contributed by atoms with E-state index >= 15 is 0 Å². The van der Waals surface area contributed by atoms with Gasteiger partial charge in [-0.3, -0.25) is 9.52 Å². The van der Waals surface area contributed by atoms with Gasteiger partial charge in [0.25, 0.3) is 15.9 Å². The first-order valence-electron chi connectivity index (χ1n) is 8.67. The Morgan fingerprint density at radius 2 is 1.69 bits per heavy atom. The highest BCUT2D eigenvalue weighted by Crippen LogP contribution is 2.20. The van der Waals surface area contributed by atoms with Crippen LogP contribution in [0.4, 0.5) is 10.1 Å². The first-order valence-corrected chi connectivity index (χ1v) is 11.4. The van der Waals surface area contributed by atoms with E-state index in [2.05, 4.69) is 10.0 Å². The van der Waals surface area contributed by atoms with Gasteiger partial charge in [0.15, 0.2) is 0 Å². The van der Waals surface area contributed by atoms with Gasteiger partial charge in [0.1, 0.15) is 5.82 Å². The van der Waals surface area contributed by atoms with Gasteiger partial charge in [-0.2, -0.15) is 0 Å². The van der Waals surface area contributed by atoms with Crippen molar-refractivity contribution in [2.24, 2.45) is 0 Å². The van der Waals surface area contributed by atoms with Crippen molar-refractivity contribution >= 4 is 33.4 Å². The van der Waals surface area contributed by atoms with E-state index < -0.39 is 10.0 Å². The third kappa shape index (κ3) is 5.58. The summed E-state index contributed by atoms with van der Waals surface area (Å²) >= 11 is 1.53. The third-order valence-electron chi connectivity index (χ3n) is 4.11. The van der Waals surface area contributed by atoms with Crippen LogP contribution in [0.5, 0.6) is 0 Å². The number of halogens is 1. The predicted octanol–water partition coefficient (Wildman–Crippen LogP) is 4.28. The van der Waals surface area contributed by atoms with E-state index in [1.165, 1.54) is 48.2 Å². The normalized spacial score (nSPS) is 11.1. The van der Waals surface area contributed by atoms with Crippen molar-refractivity contribution in [2.75, 3.05) is 11.0 Å². The number of carbonyl (C=O) groups excluding carboxylic acids is 1. The van der Waals surface area contributed by atoms with E-state index in [-0.39, 0.29) is 23.2 Å². The Kier molecular flexibility index (Phi) is 6.56. The topological polar surface area (TPSA) is 75.3 Å². The Hall–Kier alpha value is -2.84. The molecule has 0 atom stereocenters. The van der Waals surface area contributed by atoms with Crippen LogP contribution in [0.15, 0.2) is 82.6 Å². The van der Waals surface area contributed by atoms with Crippen molar-refractivity contribution in [1.82, 2.24) is 5.32 Å². The fourth-order valence-corrected chi connectivity index (χ4v) is 4.06. The molecule has 0 saturated carbocycles. The van der Waals surface area contributed by atoms with Gasteiger partial charge in [0.2, 0.25) is 0 Å². The fourth-order valence-electron chi connectivity index (χ4n) is 2.59. The van der Waals surface area contributed by atoms with Gasteiger partial charge in [-0.15, -0.1) is 11.8 Å². The Bertz CT molecular complexity index is 1100. The van der Waals surface area contributed by atoms with Crippen LogP contribution in [0.3, 0.4) is 0 Å². The summed E-state index contributed by atoms with van der Waals surface area (Å²) in [5, 5.41) is 2.70. The second-order valence-corrected chi connectivity index (χ2v) is 8.73. The maximum Gasteiger partial charge on any atom is 0.261 e. The van der Waals surface area contributed by atoms with Crippen LogP contribution >= 0.6 is 11.8 Å². The van der Waals surface area contributed by atoms with Crippen molar-refractivity contribution in [3.8, 4) is 0 Å². The number of nitrogens with one attached hydrogen (secondary N) is 2. The van der Waals surface area contributed by atoms with E-state index in [0.717, 1.165) is 4.90 Å². The molecule has 0 aliphatic rings. The van der Waals surface area contributed by atoms with E-state index in [0.29, 0.717) is 16.8 Å². The monoisotopic (exact) mass is 430 g/mol. The summed E-state index contributed by atoms with van der Waals surface area (Å²) in [6.45, 7) is 0.191. The van der Waals surface area contributed by atoms with Crippen LogP contribution in [0, 0.1) is 5.82 Å². The zero-order valence-corrected chi connectivity index (χ0v) is 17.2. The molecule has 0 aliphatic heterocycles. The molecule has 0 bridgehead atoms. The van der Waals surface area contributed by atoms with E-state index in [1.54, 1.807) is 36.4 Å². The molecule has 3 aromatic rings. The van der Waals surface area contributed by atoms with Crippen molar-refractivity contribution < 1.29 is 17.6 Å². The number of thioether (sulfide) groups is 1. The number of hydrogen-bond acceptors (Lipinski definition) is 4. The van der Waals surface area contributed by atoms with Crippen LogP contribution in [0.25, 0.3) is 0 Å². The Morgan fingerprint density at radius 1 is 1.00 bits per heavy atom. The van der Waals surface area contributed by atoms with Crippen LogP contribution in [0.1, 0.15) is 15.9 Å². The molecule has 0 aliphatic carbocycles. The standard InChI is InChI=1S/C21H19FN2O3S2/c1-28-19-9-11-20(12-10-19)29(26,27)24-18-7-5-16(6-8-18)21(25)23-14-15-3-2-4-17(22)13-15/h2-13,24H,14H2,1H3,(H,23,25). The average Bonchev–Trinajstić information content (AvgIpc) is 2.72. The van der Waals surface area contributed by atoms with Crippen LogP contribution in [-0.2, 0) is 16.6 Å². The van der Waals surface area contributed by atoms with Crippen LogP contribution in [0.2, 0.25) is 0 Å². The number of carbonyl (C=O) groups is 1. The van der Waals surface area contributed by atoms with Gasteiger partial charge >= 0.3 is 0 Å². The highest BCUT2D eigenvalue weighted by atomic mass is 32.2. The molecule has 1 amide bonds. The summed E-state index contributed by atoms with van der Waals surface area (Å²) in [4.78, 5) is 13.4. The minimum absolute atomic E-state index is 0.159.